The van der Waals surface area contributed by atoms with Gasteiger partial charge in [-0.15, -0.1) is 0 Å². The quantitative estimate of drug-likeness (QED) is 0.203. The highest BCUT2D eigenvalue weighted by atomic mass is 35.5. The molecule has 8 heteroatoms. The van der Waals surface area contributed by atoms with Crippen LogP contribution in [0.5, 0.6) is 0 Å². The molecule has 0 spiro atoms. The summed E-state index contributed by atoms with van der Waals surface area (Å²) in [6, 6.07) is 18.0. The highest BCUT2D eigenvalue weighted by Gasteiger charge is 2.23. The van der Waals surface area contributed by atoms with Gasteiger partial charge in [0.05, 0.1) is 6.54 Å². The lowest BCUT2D eigenvalue weighted by Gasteiger charge is -2.18. The summed E-state index contributed by atoms with van der Waals surface area (Å²) in [4.78, 5) is 32.7. The van der Waals surface area contributed by atoms with Crippen molar-refractivity contribution in [2.45, 2.75) is 46.2 Å². The lowest BCUT2D eigenvalue weighted by molar-refractivity contribution is -0.139. The standard InChI is InChI=1S/C30H31ClN4O3/c1-4-21-16-23(31)14-19(3)28(21)29(36)35-26(30(37)38)15-20-5-7-22(8-6-20)25-10-9-24(34-25)17-33-27-13-18(2)11-12-32-27/h5-14,16,26,34H,4,15,17H2,1-3H3,(H,32,33)(H,35,36)(H,37,38). The fourth-order valence-electron chi connectivity index (χ4n) is 4.43. The number of carboxylic acid groups (broad SMARTS) is 1. The van der Waals surface area contributed by atoms with Gasteiger partial charge in [0.1, 0.15) is 11.9 Å². The van der Waals surface area contributed by atoms with Crippen molar-refractivity contribution in [2.75, 3.05) is 5.32 Å². The minimum absolute atomic E-state index is 0.166. The monoisotopic (exact) mass is 530 g/mol. The first kappa shape index (κ1) is 26.9. The Bertz CT molecular complexity index is 1450. The Kier molecular flexibility index (Phi) is 8.48. The Balaban J connectivity index is 1.41. The zero-order valence-electron chi connectivity index (χ0n) is 21.6. The van der Waals surface area contributed by atoms with Gasteiger partial charge < -0.3 is 20.7 Å². The topological polar surface area (TPSA) is 107 Å². The van der Waals surface area contributed by atoms with Crippen LogP contribution in [0.25, 0.3) is 11.3 Å². The second-order valence-electron chi connectivity index (χ2n) is 9.34. The summed E-state index contributed by atoms with van der Waals surface area (Å²) in [6.45, 7) is 6.37. The van der Waals surface area contributed by atoms with Gasteiger partial charge in [0.2, 0.25) is 0 Å². The Morgan fingerprint density at radius 2 is 1.82 bits per heavy atom. The van der Waals surface area contributed by atoms with Crippen molar-refractivity contribution in [1.82, 2.24) is 15.3 Å². The molecule has 38 heavy (non-hydrogen) atoms. The number of anilines is 1. The second kappa shape index (κ2) is 12.0. The third-order valence-electron chi connectivity index (χ3n) is 6.42. The number of hydrogen-bond donors (Lipinski definition) is 4. The van der Waals surface area contributed by atoms with Gasteiger partial charge in [0, 0.05) is 34.6 Å². The van der Waals surface area contributed by atoms with Crippen LogP contribution in [0.1, 0.15) is 45.2 Å². The molecule has 0 radical (unpaired) electrons. The molecule has 0 saturated carbocycles. The summed E-state index contributed by atoms with van der Waals surface area (Å²) in [7, 11) is 0. The van der Waals surface area contributed by atoms with Crippen LogP contribution in [0.4, 0.5) is 5.82 Å². The summed E-state index contributed by atoms with van der Waals surface area (Å²) in [5, 5.41) is 16.4. The van der Waals surface area contributed by atoms with Gasteiger partial charge in [-0.2, -0.15) is 0 Å². The molecule has 0 aliphatic heterocycles. The number of carbonyl (C=O) groups excluding carboxylic acids is 1. The number of benzene rings is 2. The lowest BCUT2D eigenvalue weighted by atomic mass is 9.98. The number of carboxylic acids is 1. The second-order valence-corrected chi connectivity index (χ2v) is 9.78. The van der Waals surface area contributed by atoms with Gasteiger partial charge in [-0.25, -0.2) is 9.78 Å². The zero-order valence-corrected chi connectivity index (χ0v) is 22.4. The highest BCUT2D eigenvalue weighted by molar-refractivity contribution is 6.30. The number of pyridine rings is 1. The number of amides is 1. The minimum atomic E-state index is -1.09. The number of halogens is 1. The number of carbonyl (C=O) groups is 2. The molecule has 2 aromatic carbocycles. The molecule has 2 heterocycles. The first-order chi connectivity index (χ1) is 18.2. The normalized spacial score (nSPS) is 11.7. The maximum absolute atomic E-state index is 13.0. The van der Waals surface area contributed by atoms with Crippen molar-refractivity contribution < 1.29 is 14.7 Å². The fraction of sp³-hybridized carbons (Fsp3) is 0.233. The number of aromatic amines is 1. The summed E-state index contributed by atoms with van der Waals surface area (Å²) < 4.78 is 0. The zero-order chi connectivity index (χ0) is 27.2. The first-order valence-electron chi connectivity index (χ1n) is 12.5. The predicted molar refractivity (Wildman–Crippen MR) is 151 cm³/mol. The van der Waals surface area contributed by atoms with E-state index in [1.165, 1.54) is 0 Å². The van der Waals surface area contributed by atoms with Crippen LogP contribution in [0, 0.1) is 13.8 Å². The minimum Gasteiger partial charge on any atom is -0.480 e. The average Bonchev–Trinajstić information content (AvgIpc) is 3.36. The molecular weight excluding hydrogens is 500 g/mol. The molecule has 1 atom stereocenters. The molecule has 1 unspecified atom stereocenters. The van der Waals surface area contributed by atoms with Crippen molar-refractivity contribution >= 4 is 29.3 Å². The van der Waals surface area contributed by atoms with Crippen molar-refractivity contribution in [1.29, 1.82) is 0 Å². The van der Waals surface area contributed by atoms with Crippen molar-refractivity contribution in [3.63, 3.8) is 0 Å². The molecule has 4 N–H and O–H groups in total. The number of aliphatic carboxylic acids is 1. The number of rotatable bonds is 10. The van der Waals surface area contributed by atoms with Gasteiger partial charge in [-0.1, -0.05) is 42.8 Å². The molecule has 0 saturated heterocycles. The third-order valence-corrected chi connectivity index (χ3v) is 6.64. The van der Waals surface area contributed by atoms with E-state index in [4.69, 9.17) is 11.6 Å². The average molecular weight is 531 g/mol. The van der Waals surface area contributed by atoms with Gasteiger partial charge in [0.15, 0.2) is 0 Å². The smallest absolute Gasteiger partial charge is 0.326 e. The fourth-order valence-corrected chi connectivity index (χ4v) is 4.73. The molecule has 0 aliphatic rings. The van der Waals surface area contributed by atoms with Crippen LogP contribution >= 0.6 is 11.6 Å². The lowest BCUT2D eigenvalue weighted by Crippen LogP contribution is -2.42. The van der Waals surface area contributed by atoms with Crippen molar-refractivity contribution in [2.24, 2.45) is 0 Å². The van der Waals surface area contributed by atoms with Crippen LogP contribution in [0.15, 0.2) is 66.9 Å². The molecule has 196 valence electrons. The molecule has 0 aliphatic carbocycles. The van der Waals surface area contributed by atoms with Crippen molar-refractivity contribution in [3.8, 4) is 11.3 Å². The van der Waals surface area contributed by atoms with Gasteiger partial charge >= 0.3 is 5.97 Å². The molecule has 2 aromatic heterocycles. The molecule has 0 fully saturated rings. The van der Waals surface area contributed by atoms with E-state index in [0.29, 0.717) is 23.6 Å². The SMILES string of the molecule is CCc1cc(Cl)cc(C)c1C(=O)NC(Cc1ccc(-c2ccc(CNc3cc(C)ccn3)[nH]2)cc1)C(=O)O. The van der Waals surface area contributed by atoms with Crippen LogP contribution in [0.3, 0.4) is 0 Å². The van der Waals surface area contributed by atoms with E-state index in [1.54, 1.807) is 25.3 Å². The molecule has 4 rings (SSSR count). The number of aromatic nitrogens is 2. The molecule has 4 aromatic rings. The van der Waals surface area contributed by atoms with Crippen LogP contribution in [-0.2, 0) is 24.2 Å². The van der Waals surface area contributed by atoms with E-state index in [-0.39, 0.29) is 6.42 Å². The van der Waals surface area contributed by atoms with E-state index in [2.05, 4.69) is 20.6 Å². The Labute approximate surface area is 227 Å². The molecule has 1 amide bonds. The largest absolute Gasteiger partial charge is 0.480 e. The van der Waals surface area contributed by atoms with Crippen molar-refractivity contribution in [3.05, 3.63) is 105 Å². The van der Waals surface area contributed by atoms with E-state index in [9.17, 15) is 14.7 Å². The first-order valence-corrected chi connectivity index (χ1v) is 12.9. The number of nitrogens with one attached hydrogen (secondary N) is 3. The number of aryl methyl sites for hydroxylation is 3. The van der Waals surface area contributed by atoms with E-state index < -0.39 is 17.9 Å². The van der Waals surface area contributed by atoms with Gasteiger partial charge in [-0.3, -0.25) is 4.79 Å². The molecule has 0 bridgehead atoms. The number of hydrogen-bond acceptors (Lipinski definition) is 4. The summed E-state index contributed by atoms with van der Waals surface area (Å²) in [5.74, 6) is -0.673. The summed E-state index contributed by atoms with van der Waals surface area (Å²) in [6.07, 6.45) is 2.56. The van der Waals surface area contributed by atoms with Gasteiger partial charge in [-0.05, 0) is 84.5 Å². The molecule has 7 nitrogen and oxygen atoms in total. The van der Waals surface area contributed by atoms with E-state index in [0.717, 1.165) is 45.0 Å². The Morgan fingerprint density at radius 1 is 1.05 bits per heavy atom. The van der Waals surface area contributed by atoms with E-state index >= 15 is 0 Å². The Hall–Kier alpha value is -4.10. The van der Waals surface area contributed by atoms with Gasteiger partial charge in [0.25, 0.3) is 5.91 Å². The Morgan fingerprint density at radius 3 is 2.50 bits per heavy atom. The highest BCUT2D eigenvalue weighted by Crippen LogP contribution is 2.23. The predicted octanol–water partition coefficient (Wildman–Crippen LogP) is 5.95. The maximum Gasteiger partial charge on any atom is 0.326 e. The van der Waals surface area contributed by atoms with Crippen LogP contribution in [0.2, 0.25) is 5.02 Å². The number of H-pyrrole nitrogens is 1. The summed E-state index contributed by atoms with van der Waals surface area (Å²) in [5.41, 5.74) is 6.90. The third kappa shape index (κ3) is 6.61. The van der Waals surface area contributed by atoms with Crippen LogP contribution < -0.4 is 10.6 Å². The van der Waals surface area contributed by atoms with E-state index in [1.807, 2.05) is 62.4 Å². The maximum atomic E-state index is 13.0. The molecular formula is C30H31ClN4O3. The van der Waals surface area contributed by atoms with Crippen LogP contribution in [-0.4, -0.2) is 33.0 Å². The number of nitrogens with zero attached hydrogens (tertiary/aromatic N) is 1. The summed E-state index contributed by atoms with van der Waals surface area (Å²) >= 11 is 6.14.